The van der Waals surface area contributed by atoms with Crippen molar-refractivity contribution < 1.29 is 24.3 Å². The molecule has 2 N–H and O–H groups in total. The number of nitrogens with one attached hydrogen (secondary N) is 1. The van der Waals surface area contributed by atoms with Gasteiger partial charge in [0, 0.05) is 36.3 Å². The maximum Gasteiger partial charge on any atom is 0.326 e. The number of piperidine rings is 1. The Morgan fingerprint density at radius 3 is 2.39 bits per heavy atom. The largest absolute Gasteiger partial charge is 0.480 e. The summed E-state index contributed by atoms with van der Waals surface area (Å²) in [5, 5.41) is 17.5. The molecule has 2 aromatic heterocycles. The van der Waals surface area contributed by atoms with E-state index in [0.29, 0.717) is 29.6 Å². The molecule has 1 saturated carbocycles. The molecule has 1 aliphatic carbocycles. The highest BCUT2D eigenvalue weighted by Crippen LogP contribution is 2.59. The smallest absolute Gasteiger partial charge is 0.326 e. The molecule has 5 rings (SSSR count). The molecule has 2 amide bonds. The Hall–Kier alpha value is -4.15. The second-order valence-corrected chi connectivity index (χ2v) is 12.2. The first-order valence-corrected chi connectivity index (χ1v) is 13.9. The number of rotatable bonds is 9. The fraction of sp³-hybridized carbons (Fsp3) is 0.500. The van der Waals surface area contributed by atoms with Gasteiger partial charge in [-0.05, 0) is 67.7 Å². The first-order valence-electron chi connectivity index (χ1n) is 13.9. The molecule has 2 fully saturated rings. The molecular formula is C30H36N6O5. The maximum absolute atomic E-state index is 13.8. The number of aryl methyl sites for hydroxylation is 2. The Balaban J connectivity index is 1.45. The SMILES string of the molecule is CC(=O)c1nn(CC(=O)N2[C@H](C(=O)NC(CC(C)C)C(=O)O)C[C@@]3(C)C[C@@H]23)c2c(C)cc(-c3cnc(C)nc3)cc12. The third kappa shape index (κ3) is 5.32. The van der Waals surface area contributed by atoms with Gasteiger partial charge in [-0.15, -0.1) is 0 Å². The van der Waals surface area contributed by atoms with Crippen LogP contribution >= 0.6 is 0 Å². The first kappa shape index (κ1) is 28.4. The predicted octanol–water partition coefficient (Wildman–Crippen LogP) is 3.31. The molecule has 0 bridgehead atoms. The lowest BCUT2D eigenvalue weighted by molar-refractivity contribution is -0.145. The second kappa shape index (κ2) is 10.4. The van der Waals surface area contributed by atoms with Crippen LogP contribution in [0.5, 0.6) is 0 Å². The number of Topliss-reactive ketones (excluding diaryl/α,β-unsaturated/α-hetero) is 1. The van der Waals surface area contributed by atoms with Crippen molar-refractivity contribution in [2.75, 3.05) is 0 Å². The summed E-state index contributed by atoms with van der Waals surface area (Å²) in [6.45, 7) is 10.8. The van der Waals surface area contributed by atoms with Gasteiger partial charge in [0.25, 0.3) is 0 Å². The van der Waals surface area contributed by atoms with Gasteiger partial charge in [-0.25, -0.2) is 14.8 Å². The molecule has 0 spiro atoms. The number of carboxylic acid groups (broad SMARTS) is 1. The van der Waals surface area contributed by atoms with Gasteiger partial charge in [0.2, 0.25) is 11.8 Å². The number of aromatic nitrogens is 4. The van der Waals surface area contributed by atoms with Crippen molar-refractivity contribution in [2.45, 2.75) is 85.5 Å². The monoisotopic (exact) mass is 560 g/mol. The Kier molecular flexibility index (Phi) is 7.17. The Bertz CT molecular complexity index is 1560. The molecule has 1 unspecified atom stereocenters. The molecule has 1 aromatic carbocycles. The summed E-state index contributed by atoms with van der Waals surface area (Å²) in [6.07, 6.45) is 5.02. The lowest BCUT2D eigenvalue weighted by Crippen LogP contribution is -2.53. The number of ketones is 1. The van der Waals surface area contributed by atoms with E-state index >= 15 is 0 Å². The topological polar surface area (TPSA) is 147 Å². The number of likely N-dealkylation sites (tertiary alicyclic amines) is 1. The van der Waals surface area contributed by atoms with Gasteiger partial charge in [-0.1, -0.05) is 20.8 Å². The number of fused-ring (bicyclic) bond motifs is 2. The third-order valence-electron chi connectivity index (χ3n) is 8.31. The summed E-state index contributed by atoms with van der Waals surface area (Å²) in [5.74, 6) is -1.32. The van der Waals surface area contributed by atoms with Crippen LogP contribution in [0.4, 0.5) is 0 Å². The Morgan fingerprint density at radius 1 is 1.10 bits per heavy atom. The van der Waals surface area contributed by atoms with Crippen molar-refractivity contribution in [1.29, 1.82) is 0 Å². The number of nitrogens with zero attached hydrogens (tertiary/aromatic N) is 5. The van der Waals surface area contributed by atoms with Crippen molar-refractivity contribution in [2.24, 2.45) is 11.3 Å². The summed E-state index contributed by atoms with van der Waals surface area (Å²) in [5.41, 5.74) is 3.22. The highest BCUT2D eigenvalue weighted by Gasteiger charge is 2.64. The van der Waals surface area contributed by atoms with E-state index in [4.69, 9.17) is 0 Å². The molecule has 4 atom stereocenters. The zero-order valence-electron chi connectivity index (χ0n) is 24.3. The lowest BCUT2D eigenvalue weighted by atomic mass is 10.00. The van der Waals surface area contributed by atoms with Crippen LogP contribution in [-0.2, 0) is 20.9 Å². The zero-order chi connectivity index (χ0) is 29.8. The summed E-state index contributed by atoms with van der Waals surface area (Å²) >= 11 is 0. The normalized spacial score (nSPS) is 22.1. The highest BCUT2D eigenvalue weighted by atomic mass is 16.4. The third-order valence-corrected chi connectivity index (χ3v) is 8.31. The molecule has 41 heavy (non-hydrogen) atoms. The van der Waals surface area contributed by atoms with Crippen molar-refractivity contribution >= 4 is 34.5 Å². The van der Waals surface area contributed by atoms with Crippen LogP contribution in [0.15, 0.2) is 24.5 Å². The molecule has 11 heteroatoms. The van der Waals surface area contributed by atoms with Crippen LogP contribution in [0.3, 0.4) is 0 Å². The van der Waals surface area contributed by atoms with E-state index in [1.165, 1.54) is 6.92 Å². The molecule has 1 aliphatic heterocycles. The Labute approximate surface area is 238 Å². The van der Waals surface area contributed by atoms with E-state index in [1.807, 2.05) is 46.8 Å². The van der Waals surface area contributed by atoms with E-state index in [0.717, 1.165) is 23.1 Å². The fourth-order valence-corrected chi connectivity index (χ4v) is 6.14. The average Bonchev–Trinajstić information content (AvgIpc) is 3.24. The van der Waals surface area contributed by atoms with Gasteiger partial charge >= 0.3 is 5.97 Å². The summed E-state index contributed by atoms with van der Waals surface area (Å²) in [6, 6.07) is 1.94. The van der Waals surface area contributed by atoms with Gasteiger partial charge in [0.05, 0.1) is 5.52 Å². The number of hydrogen-bond acceptors (Lipinski definition) is 7. The summed E-state index contributed by atoms with van der Waals surface area (Å²) in [7, 11) is 0. The predicted molar refractivity (Wildman–Crippen MR) is 151 cm³/mol. The van der Waals surface area contributed by atoms with Gasteiger partial charge < -0.3 is 15.3 Å². The van der Waals surface area contributed by atoms with Crippen molar-refractivity contribution in [3.8, 4) is 11.1 Å². The van der Waals surface area contributed by atoms with Crippen molar-refractivity contribution in [3.05, 3.63) is 41.6 Å². The minimum Gasteiger partial charge on any atom is -0.480 e. The lowest BCUT2D eigenvalue weighted by Gasteiger charge is -2.28. The quantitative estimate of drug-likeness (QED) is 0.379. The van der Waals surface area contributed by atoms with Crippen molar-refractivity contribution in [1.82, 2.24) is 30.0 Å². The van der Waals surface area contributed by atoms with Crippen LogP contribution < -0.4 is 5.32 Å². The number of benzene rings is 1. The number of hydrogen-bond donors (Lipinski definition) is 2. The van der Waals surface area contributed by atoms with E-state index in [9.17, 15) is 24.3 Å². The number of carbonyl (C=O) groups is 4. The van der Waals surface area contributed by atoms with Crippen LogP contribution in [0, 0.1) is 25.2 Å². The Morgan fingerprint density at radius 2 is 1.78 bits per heavy atom. The van der Waals surface area contributed by atoms with Crippen LogP contribution in [0.25, 0.3) is 22.0 Å². The molecule has 216 valence electrons. The second-order valence-electron chi connectivity index (χ2n) is 12.2. The average molecular weight is 561 g/mol. The fourth-order valence-electron chi connectivity index (χ4n) is 6.14. The van der Waals surface area contributed by atoms with Gasteiger partial charge in [0.1, 0.15) is 30.1 Å². The molecule has 2 aliphatic rings. The maximum atomic E-state index is 13.8. The van der Waals surface area contributed by atoms with Crippen LogP contribution in [0.2, 0.25) is 0 Å². The molecule has 3 aromatic rings. The minimum atomic E-state index is -1.09. The minimum absolute atomic E-state index is 0.0782. The first-order chi connectivity index (χ1) is 19.3. The summed E-state index contributed by atoms with van der Waals surface area (Å²) < 4.78 is 1.55. The summed E-state index contributed by atoms with van der Waals surface area (Å²) in [4.78, 5) is 61.7. The van der Waals surface area contributed by atoms with Gasteiger partial charge in [0.15, 0.2) is 5.78 Å². The van der Waals surface area contributed by atoms with E-state index < -0.39 is 24.0 Å². The van der Waals surface area contributed by atoms with E-state index in [1.54, 1.807) is 22.0 Å². The number of carboxylic acids is 1. The van der Waals surface area contributed by atoms with Crippen LogP contribution in [0.1, 0.15) is 68.8 Å². The van der Waals surface area contributed by atoms with E-state index in [-0.39, 0.29) is 41.3 Å². The van der Waals surface area contributed by atoms with Crippen LogP contribution in [-0.4, -0.2) is 71.4 Å². The number of aliphatic carboxylic acids is 1. The standard InChI is InChI=1S/C30H36N6O5/c1-15(2)7-22(29(40)41)33-28(39)23-10-30(6)11-24(30)36(23)25(38)14-35-27-16(3)8-19(20-12-31-18(5)32-13-20)9-21(27)26(34-35)17(4)37/h8-9,12-13,15,22-24H,7,10-11,14H2,1-6H3,(H,33,39)(H,40,41)/t22?,23-,24+,30-/m0/s1. The molecular weight excluding hydrogens is 524 g/mol. The van der Waals surface area contributed by atoms with Gasteiger partial charge in [-0.3, -0.25) is 19.1 Å². The molecule has 1 saturated heterocycles. The highest BCUT2D eigenvalue weighted by molar-refractivity contribution is 6.07. The molecule has 11 nitrogen and oxygen atoms in total. The molecule has 3 heterocycles. The number of carbonyl (C=O) groups excluding carboxylic acids is 3. The van der Waals surface area contributed by atoms with E-state index in [2.05, 4.69) is 20.4 Å². The van der Waals surface area contributed by atoms with Gasteiger partial charge in [-0.2, -0.15) is 5.10 Å². The zero-order valence-corrected chi connectivity index (χ0v) is 24.3. The van der Waals surface area contributed by atoms with Crippen molar-refractivity contribution in [3.63, 3.8) is 0 Å². The molecule has 0 radical (unpaired) electrons. The number of amides is 2.